The van der Waals surface area contributed by atoms with E-state index in [0.29, 0.717) is 12.3 Å². The summed E-state index contributed by atoms with van der Waals surface area (Å²) < 4.78 is 5.77. The number of carbonyl (C=O) groups is 2. The van der Waals surface area contributed by atoms with Crippen LogP contribution >= 0.6 is 0 Å². The molecule has 1 heterocycles. The van der Waals surface area contributed by atoms with Gasteiger partial charge in [-0.05, 0) is 30.2 Å². The highest BCUT2D eigenvalue weighted by atomic mass is 16.5. The van der Waals surface area contributed by atoms with Gasteiger partial charge >= 0.3 is 0 Å². The second kappa shape index (κ2) is 7.91. The number of fused-ring (bicyclic) bond motifs is 1. The predicted octanol–water partition coefficient (Wildman–Crippen LogP) is 2.20. The van der Waals surface area contributed by atoms with Crippen molar-refractivity contribution in [3.8, 4) is 5.75 Å². The number of carbonyl (C=O) groups excluding carboxylic acids is 2. The van der Waals surface area contributed by atoms with E-state index in [0.717, 1.165) is 23.4 Å². The predicted molar refractivity (Wildman–Crippen MR) is 102 cm³/mol. The van der Waals surface area contributed by atoms with Crippen molar-refractivity contribution >= 4 is 23.2 Å². The van der Waals surface area contributed by atoms with E-state index in [1.165, 1.54) is 0 Å². The standard InChI is InChI=1S/C20H23N3O3/c1-3-14-8-4-5-9-15(14)22-19(24)13-23-12-18(20(25)21-2)26-17-11-7-6-10-16(17)23/h4-11,18H,3,12-13H2,1-2H3,(H,21,25)(H,22,24)/t18-/m1/s1. The van der Waals surface area contributed by atoms with Crippen molar-refractivity contribution in [1.29, 1.82) is 0 Å². The summed E-state index contributed by atoms with van der Waals surface area (Å²) in [4.78, 5) is 26.5. The summed E-state index contributed by atoms with van der Waals surface area (Å²) in [6.45, 7) is 2.52. The Kier molecular flexibility index (Phi) is 5.41. The molecular weight excluding hydrogens is 330 g/mol. The number of rotatable bonds is 5. The molecule has 136 valence electrons. The molecule has 0 radical (unpaired) electrons. The number of nitrogens with one attached hydrogen (secondary N) is 2. The van der Waals surface area contributed by atoms with E-state index in [-0.39, 0.29) is 18.4 Å². The molecule has 1 aliphatic rings. The summed E-state index contributed by atoms with van der Waals surface area (Å²) in [7, 11) is 1.57. The van der Waals surface area contributed by atoms with Crippen molar-refractivity contribution in [1.82, 2.24) is 5.32 Å². The molecule has 2 aromatic rings. The van der Waals surface area contributed by atoms with E-state index in [1.807, 2.05) is 53.4 Å². The lowest BCUT2D eigenvalue weighted by Crippen LogP contribution is -2.50. The van der Waals surface area contributed by atoms with Crippen molar-refractivity contribution in [3.63, 3.8) is 0 Å². The molecule has 26 heavy (non-hydrogen) atoms. The second-order valence-corrected chi connectivity index (χ2v) is 6.13. The lowest BCUT2D eigenvalue weighted by Gasteiger charge is -2.35. The molecule has 2 N–H and O–H groups in total. The zero-order valence-electron chi connectivity index (χ0n) is 15.0. The molecule has 6 nitrogen and oxygen atoms in total. The van der Waals surface area contributed by atoms with Crippen LogP contribution in [0.4, 0.5) is 11.4 Å². The van der Waals surface area contributed by atoms with Crippen LogP contribution in [0.15, 0.2) is 48.5 Å². The fourth-order valence-corrected chi connectivity index (χ4v) is 3.07. The van der Waals surface area contributed by atoms with Gasteiger partial charge in [0, 0.05) is 12.7 Å². The first kappa shape index (κ1) is 17.8. The van der Waals surface area contributed by atoms with Crippen LogP contribution < -0.4 is 20.3 Å². The first-order chi connectivity index (χ1) is 12.6. The number of hydrogen-bond acceptors (Lipinski definition) is 4. The minimum Gasteiger partial charge on any atom is -0.477 e. The summed E-state index contributed by atoms with van der Waals surface area (Å²) in [5.74, 6) is 0.272. The van der Waals surface area contributed by atoms with E-state index in [2.05, 4.69) is 17.6 Å². The van der Waals surface area contributed by atoms with E-state index >= 15 is 0 Å². The van der Waals surface area contributed by atoms with Crippen LogP contribution in [0.25, 0.3) is 0 Å². The number of para-hydroxylation sites is 3. The van der Waals surface area contributed by atoms with Crippen LogP contribution in [0, 0.1) is 0 Å². The zero-order valence-corrected chi connectivity index (χ0v) is 15.0. The minimum absolute atomic E-state index is 0.127. The lowest BCUT2D eigenvalue weighted by molar-refractivity contribution is -0.127. The molecule has 0 bridgehead atoms. The molecule has 0 aromatic heterocycles. The Morgan fingerprint density at radius 2 is 1.88 bits per heavy atom. The number of amides is 2. The molecule has 2 aromatic carbocycles. The Morgan fingerprint density at radius 1 is 1.15 bits per heavy atom. The van der Waals surface area contributed by atoms with Gasteiger partial charge in [-0.2, -0.15) is 0 Å². The molecule has 1 aliphatic heterocycles. The largest absolute Gasteiger partial charge is 0.477 e. The van der Waals surface area contributed by atoms with Gasteiger partial charge in [0.25, 0.3) is 5.91 Å². The van der Waals surface area contributed by atoms with Gasteiger partial charge in [0.1, 0.15) is 5.75 Å². The molecule has 0 unspecified atom stereocenters. The van der Waals surface area contributed by atoms with Crippen LogP contribution in [0.5, 0.6) is 5.75 Å². The molecular formula is C20H23N3O3. The molecule has 0 saturated carbocycles. The van der Waals surface area contributed by atoms with Gasteiger partial charge < -0.3 is 20.3 Å². The van der Waals surface area contributed by atoms with Crippen LogP contribution in [0.2, 0.25) is 0 Å². The quantitative estimate of drug-likeness (QED) is 0.865. The Balaban J connectivity index is 1.77. The average molecular weight is 353 g/mol. The number of likely N-dealkylation sites (N-methyl/N-ethyl adjacent to an activating group) is 1. The summed E-state index contributed by atoms with van der Waals surface area (Å²) in [5, 5.41) is 5.58. The Hall–Kier alpha value is -3.02. The summed E-state index contributed by atoms with van der Waals surface area (Å²) in [6, 6.07) is 15.2. The average Bonchev–Trinajstić information content (AvgIpc) is 2.67. The number of hydrogen-bond donors (Lipinski definition) is 2. The van der Waals surface area contributed by atoms with Gasteiger partial charge in [0.2, 0.25) is 5.91 Å². The van der Waals surface area contributed by atoms with Crippen LogP contribution in [0.3, 0.4) is 0 Å². The maximum Gasteiger partial charge on any atom is 0.262 e. The number of nitrogens with zero attached hydrogens (tertiary/aromatic N) is 1. The molecule has 3 rings (SSSR count). The van der Waals surface area contributed by atoms with Crippen molar-refractivity contribution < 1.29 is 14.3 Å². The molecule has 0 fully saturated rings. The Labute approximate surface area is 153 Å². The summed E-state index contributed by atoms with van der Waals surface area (Å²) in [6.07, 6.45) is 0.195. The topological polar surface area (TPSA) is 70.7 Å². The number of anilines is 2. The highest BCUT2D eigenvalue weighted by Crippen LogP contribution is 2.33. The van der Waals surface area contributed by atoms with E-state index < -0.39 is 6.10 Å². The lowest BCUT2D eigenvalue weighted by atomic mass is 10.1. The van der Waals surface area contributed by atoms with Gasteiger partial charge in [-0.25, -0.2) is 0 Å². The van der Waals surface area contributed by atoms with Crippen molar-refractivity contribution in [2.75, 3.05) is 30.4 Å². The Morgan fingerprint density at radius 3 is 2.65 bits per heavy atom. The van der Waals surface area contributed by atoms with Gasteiger partial charge in [-0.1, -0.05) is 37.3 Å². The van der Waals surface area contributed by atoms with E-state index in [9.17, 15) is 9.59 Å². The van der Waals surface area contributed by atoms with Crippen molar-refractivity contribution in [2.24, 2.45) is 0 Å². The van der Waals surface area contributed by atoms with Crippen LogP contribution in [0.1, 0.15) is 12.5 Å². The van der Waals surface area contributed by atoms with Gasteiger partial charge in [-0.3, -0.25) is 9.59 Å². The normalized spacial score (nSPS) is 15.6. The monoisotopic (exact) mass is 353 g/mol. The third-order valence-corrected chi connectivity index (χ3v) is 4.41. The third-order valence-electron chi connectivity index (χ3n) is 4.41. The third kappa shape index (κ3) is 3.79. The van der Waals surface area contributed by atoms with Crippen molar-refractivity contribution in [3.05, 3.63) is 54.1 Å². The zero-order chi connectivity index (χ0) is 18.5. The number of benzene rings is 2. The second-order valence-electron chi connectivity index (χ2n) is 6.13. The van der Waals surface area contributed by atoms with E-state index in [4.69, 9.17) is 4.74 Å². The molecule has 0 aliphatic carbocycles. The molecule has 2 amide bonds. The van der Waals surface area contributed by atoms with Crippen LogP contribution in [-0.2, 0) is 16.0 Å². The number of ether oxygens (including phenoxy) is 1. The maximum atomic E-state index is 12.6. The minimum atomic E-state index is -0.648. The fourth-order valence-electron chi connectivity index (χ4n) is 3.07. The molecule has 0 spiro atoms. The van der Waals surface area contributed by atoms with Crippen molar-refractivity contribution in [2.45, 2.75) is 19.4 Å². The maximum absolute atomic E-state index is 12.6. The fraction of sp³-hybridized carbons (Fsp3) is 0.300. The smallest absolute Gasteiger partial charge is 0.262 e. The highest BCUT2D eigenvalue weighted by Gasteiger charge is 2.31. The van der Waals surface area contributed by atoms with Gasteiger partial charge in [-0.15, -0.1) is 0 Å². The van der Waals surface area contributed by atoms with Gasteiger partial charge in [0.05, 0.1) is 18.8 Å². The summed E-state index contributed by atoms with van der Waals surface area (Å²) in [5.41, 5.74) is 2.72. The first-order valence-corrected chi connectivity index (χ1v) is 8.72. The van der Waals surface area contributed by atoms with E-state index in [1.54, 1.807) is 7.05 Å². The van der Waals surface area contributed by atoms with Gasteiger partial charge in [0.15, 0.2) is 6.10 Å². The summed E-state index contributed by atoms with van der Waals surface area (Å²) >= 11 is 0. The number of aryl methyl sites for hydroxylation is 1. The molecule has 6 heteroatoms. The Bertz CT molecular complexity index is 806. The van der Waals surface area contributed by atoms with Crippen LogP contribution in [-0.4, -0.2) is 38.1 Å². The molecule has 0 saturated heterocycles. The molecule has 1 atom stereocenters. The first-order valence-electron chi connectivity index (χ1n) is 8.72. The highest BCUT2D eigenvalue weighted by molar-refractivity contribution is 5.95. The SMILES string of the molecule is CCc1ccccc1NC(=O)CN1C[C@H](C(=O)NC)Oc2ccccc21.